The SMILES string of the molecule is COC[C@H]1Cc2c(n(C)c3ccccc23)[C@@H]2CCCC(=O)N12. The number of para-hydroxylation sites is 1. The number of carbonyl (C=O) groups is 1. The number of rotatable bonds is 2. The van der Waals surface area contributed by atoms with Crippen LogP contribution in [-0.2, 0) is 23.0 Å². The van der Waals surface area contributed by atoms with E-state index < -0.39 is 0 Å². The minimum Gasteiger partial charge on any atom is -0.383 e. The molecule has 0 aliphatic carbocycles. The van der Waals surface area contributed by atoms with Crippen LogP contribution in [0.25, 0.3) is 10.9 Å². The van der Waals surface area contributed by atoms with Gasteiger partial charge in [0.15, 0.2) is 0 Å². The summed E-state index contributed by atoms with van der Waals surface area (Å²) in [7, 11) is 3.86. The minimum absolute atomic E-state index is 0.168. The standard InChI is InChI=1S/C18H22N2O2/c1-19-15-7-4-3-6-13(15)14-10-12(11-22-2)20-16(18(14)19)8-5-9-17(20)21/h3-4,6-7,12,16H,5,8-11H2,1-2H3/t12-,16+/m1/s1. The summed E-state index contributed by atoms with van der Waals surface area (Å²) in [6.45, 7) is 0.616. The second kappa shape index (κ2) is 5.13. The van der Waals surface area contributed by atoms with E-state index in [2.05, 4.69) is 40.8 Å². The molecule has 116 valence electrons. The molecular weight excluding hydrogens is 276 g/mol. The first-order chi connectivity index (χ1) is 10.7. The highest BCUT2D eigenvalue weighted by molar-refractivity contribution is 5.87. The van der Waals surface area contributed by atoms with Gasteiger partial charge in [0.1, 0.15) is 0 Å². The van der Waals surface area contributed by atoms with Crippen LogP contribution < -0.4 is 0 Å². The molecule has 1 fully saturated rings. The number of fused-ring (bicyclic) bond motifs is 5. The summed E-state index contributed by atoms with van der Waals surface area (Å²) in [6, 6.07) is 8.95. The lowest BCUT2D eigenvalue weighted by Crippen LogP contribution is -2.51. The maximum Gasteiger partial charge on any atom is 0.223 e. The molecule has 3 heterocycles. The van der Waals surface area contributed by atoms with Gasteiger partial charge in [-0.1, -0.05) is 18.2 Å². The number of nitrogens with zero attached hydrogens (tertiary/aromatic N) is 2. The highest BCUT2D eigenvalue weighted by Gasteiger charge is 2.41. The van der Waals surface area contributed by atoms with Gasteiger partial charge < -0.3 is 14.2 Å². The third kappa shape index (κ3) is 1.83. The van der Waals surface area contributed by atoms with Gasteiger partial charge in [-0.3, -0.25) is 4.79 Å². The lowest BCUT2D eigenvalue weighted by atomic mass is 9.86. The van der Waals surface area contributed by atoms with Crippen molar-refractivity contribution in [1.82, 2.24) is 9.47 Å². The molecule has 1 aromatic carbocycles. The first-order valence-electron chi connectivity index (χ1n) is 8.08. The Labute approximate surface area is 130 Å². The monoisotopic (exact) mass is 298 g/mol. The lowest BCUT2D eigenvalue weighted by Gasteiger charge is -2.45. The molecule has 4 rings (SSSR count). The van der Waals surface area contributed by atoms with Gasteiger partial charge in [0.05, 0.1) is 18.7 Å². The summed E-state index contributed by atoms with van der Waals surface area (Å²) in [5.41, 5.74) is 4.02. The first kappa shape index (κ1) is 13.8. The summed E-state index contributed by atoms with van der Waals surface area (Å²) in [5, 5.41) is 1.33. The molecule has 0 saturated carbocycles. The molecular formula is C18H22N2O2. The average Bonchev–Trinajstić information content (AvgIpc) is 2.81. The molecule has 4 nitrogen and oxygen atoms in total. The zero-order chi connectivity index (χ0) is 15.3. The van der Waals surface area contributed by atoms with Gasteiger partial charge in [0.25, 0.3) is 0 Å². The van der Waals surface area contributed by atoms with Crippen molar-refractivity contribution in [2.24, 2.45) is 7.05 Å². The van der Waals surface area contributed by atoms with Crippen LogP contribution in [-0.4, -0.2) is 35.1 Å². The predicted molar refractivity (Wildman–Crippen MR) is 85.7 cm³/mol. The van der Waals surface area contributed by atoms with E-state index in [1.54, 1.807) is 7.11 Å². The number of aromatic nitrogens is 1. The number of benzene rings is 1. The Morgan fingerprint density at radius 2 is 2.14 bits per heavy atom. The second-order valence-corrected chi connectivity index (χ2v) is 6.46. The zero-order valence-corrected chi connectivity index (χ0v) is 13.2. The number of hydrogen-bond donors (Lipinski definition) is 0. The third-order valence-corrected chi connectivity index (χ3v) is 5.26. The van der Waals surface area contributed by atoms with Crippen molar-refractivity contribution >= 4 is 16.8 Å². The largest absolute Gasteiger partial charge is 0.383 e. The number of methoxy groups -OCH3 is 1. The van der Waals surface area contributed by atoms with Crippen molar-refractivity contribution in [2.45, 2.75) is 37.8 Å². The number of hydrogen-bond acceptors (Lipinski definition) is 2. The maximum absolute atomic E-state index is 12.5. The van der Waals surface area contributed by atoms with Crippen LogP contribution in [0.15, 0.2) is 24.3 Å². The zero-order valence-electron chi connectivity index (χ0n) is 13.2. The van der Waals surface area contributed by atoms with E-state index in [4.69, 9.17) is 4.74 Å². The van der Waals surface area contributed by atoms with Gasteiger partial charge in [-0.2, -0.15) is 0 Å². The van der Waals surface area contributed by atoms with Crippen molar-refractivity contribution in [3.05, 3.63) is 35.5 Å². The quantitative estimate of drug-likeness (QED) is 0.854. The number of piperidine rings is 1. The minimum atomic E-state index is 0.168. The van der Waals surface area contributed by atoms with E-state index >= 15 is 0 Å². The van der Waals surface area contributed by atoms with Crippen LogP contribution in [0.5, 0.6) is 0 Å². The number of amides is 1. The maximum atomic E-state index is 12.5. The Morgan fingerprint density at radius 3 is 2.95 bits per heavy atom. The van der Waals surface area contributed by atoms with Crippen LogP contribution in [0.1, 0.15) is 36.6 Å². The van der Waals surface area contributed by atoms with E-state index in [0.717, 1.165) is 19.3 Å². The van der Waals surface area contributed by atoms with E-state index in [9.17, 15) is 4.79 Å². The Balaban J connectivity index is 1.92. The van der Waals surface area contributed by atoms with Gasteiger partial charge in [-0.25, -0.2) is 0 Å². The Kier molecular flexibility index (Phi) is 3.22. The predicted octanol–water partition coefficient (Wildman–Crippen LogP) is 2.80. The average molecular weight is 298 g/mol. The molecule has 1 saturated heterocycles. The molecule has 4 heteroatoms. The van der Waals surface area contributed by atoms with E-state index in [0.29, 0.717) is 13.0 Å². The van der Waals surface area contributed by atoms with Crippen LogP contribution in [0.3, 0.4) is 0 Å². The van der Waals surface area contributed by atoms with Crippen LogP contribution >= 0.6 is 0 Å². The van der Waals surface area contributed by atoms with Crippen molar-refractivity contribution in [1.29, 1.82) is 0 Å². The molecule has 22 heavy (non-hydrogen) atoms. The van der Waals surface area contributed by atoms with Crippen molar-refractivity contribution in [3.63, 3.8) is 0 Å². The fourth-order valence-corrected chi connectivity index (χ4v) is 4.41. The Hall–Kier alpha value is -1.81. The molecule has 1 aromatic heterocycles. The molecule has 1 amide bonds. The molecule has 2 aliphatic heterocycles. The van der Waals surface area contributed by atoms with Gasteiger partial charge in [-0.15, -0.1) is 0 Å². The normalized spacial score (nSPS) is 24.5. The summed E-state index contributed by atoms with van der Waals surface area (Å²) in [6.07, 6.45) is 3.62. The third-order valence-electron chi connectivity index (χ3n) is 5.26. The van der Waals surface area contributed by atoms with E-state index in [1.165, 1.54) is 22.2 Å². The van der Waals surface area contributed by atoms with Crippen LogP contribution in [0.2, 0.25) is 0 Å². The fraction of sp³-hybridized carbons (Fsp3) is 0.500. The van der Waals surface area contributed by atoms with E-state index in [1.807, 2.05) is 0 Å². The first-order valence-corrected chi connectivity index (χ1v) is 8.08. The molecule has 0 radical (unpaired) electrons. The molecule has 2 aliphatic rings. The molecule has 0 bridgehead atoms. The summed E-state index contributed by atoms with van der Waals surface area (Å²) in [5.74, 6) is 0.286. The van der Waals surface area contributed by atoms with Gasteiger partial charge >= 0.3 is 0 Å². The molecule has 0 spiro atoms. The second-order valence-electron chi connectivity index (χ2n) is 6.46. The fourth-order valence-electron chi connectivity index (χ4n) is 4.41. The Morgan fingerprint density at radius 1 is 1.32 bits per heavy atom. The highest BCUT2D eigenvalue weighted by atomic mass is 16.5. The lowest BCUT2D eigenvalue weighted by molar-refractivity contribution is -0.142. The van der Waals surface area contributed by atoms with Crippen molar-refractivity contribution < 1.29 is 9.53 Å². The molecule has 0 N–H and O–H groups in total. The number of aryl methyl sites for hydroxylation is 1. The number of carbonyl (C=O) groups excluding carboxylic acids is 1. The van der Waals surface area contributed by atoms with Crippen LogP contribution in [0, 0.1) is 0 Å². The van der Waals surface area contributed by atoms with Crippen molar-refractivity contribution in [2.75, 3.05) is 13.7 Å². The summed E-state index contributed by atoms with van der Waals surface area (Å²) < 4.78 is 7.71. The van der Waals surface area contributed by atoms with Crippen LogP contribution in [0.4, 0.5) is 0 Å². The van der Waals surface area contributed by atoms with Gasteiger partial charge in [-0.05, 0) is 30.9 Å². The summed E-state index contributed by atoms with van der Waals surface area (Å²) in [4.78, 5) is 14.6. The smallest absolute Gasteiger partial charge is 0.223 e. The highest BCUT2D eigenvalue weighted by Crippen LogP contribution is 2.43. The topological polar surface area (TPSA) is 34.5 Å². The van der Waals surface area contributed by atoms with E-state index in [-0.39, 0.29) is 18.0 Å². The number of ether oxygens (including phenoxy) is 1. The molecule has 0 unspecified atom stereocenters. The molecule has 2 aromatic rings. The molecule has 2 atom stereocenters. The van der Waals surface area contributed by atoms with Crippen molar-refractivity contribution in [3.8, 4) is 0 Å². The summed E-state index contributed by atoms with van der Waals surface area (Å²) >= 11 is 0. The van der Waals surface area contributed by atoms with Gasteiger partial charge in [0, 0.05) is 37.2 Å². The Bertz CT molecular complexity index is 734. The van der Waals surface area contributed by atoms with Gasteiger partial charge in [0.2, 0.25) is 5.91 Å².